The van der Waals surface area contributed by atoms with Crippen LogP contribution in [0.15, 0.2) is 24.8 Å². The number of hydrogen-bond donors (Lipinski definition) is 0. The smallest absolute Gasteiger partial charge is 0.316 e. The van der Waals surface area contributed by atoms with Gasteiger partial charge in [-0.1, -0.05) is 6.08 Å². The Labute approximate surface area is 146 Å². The molecule has 0 N–H and O–H groups in total. The fourth-order valence-electron chi connectivity index (χ4n) is 3.19. The van der Waals surface area contributed by atoms with Gasteiger partial charge < -0.3 is 4.74 Å². The van der Waals surface area contributed by atoms with Crippen LogP contribution >= 0.6 is 0 Å². The minimum absolute atomic E-state index is 0.248. The second-order valence-corrected chi connectivity index (χ2v) is 6.58. The Morgan fingerprint density at radius 3 is 2.00 bits per heavy atom. The van der Waals surface area contributed by atoms with Gasteiger partial charge in [0.15, 0.2) is 0 Å². The second-order valence-electron chi connectivity index (χ2n) is 6.58. The Kier molecular flexibility index (Phi) is 6.37. The van der Waals surface area contributed by atoms with Gasteiger partial charge in [-0.15, -0.1) is 6.58 Å². The Morgan fingerprint density at radius 2 is 1.54 bits per heavy atom. The molecule has 0 bridgehead atoms. The lowest BCUT2D eigenvalue weighted by Crippen LogP contribution is -2.27. The van der Waals surface area contributed by atoms with Crippen molar-refractivity contribution in [2.45, 2.75) is 51.0 Å². The predicted molar refractivity (Wildman–Crippen MR) is 81.4 cm³/mol. The molecule has 1 aromatic rings. The van der Waals surface area contributed by atoms with Crippen molar-refractivity contribution in [3.8, 4) is 0 Å². The van der Waals surface area contributed by atoms with Gasteiger partial charge in [0.05, 0.1) is 6.61 Å². The Bertz CT molecular complexity index is 608. The standard InChI is InChI=1S/C18H19F7O/c1-2-11-3-5-12(6-4-11)9-17(21,22)26-10-13-7-14(19)16(15(20)8-13)18(23,24)25/h2,7-8,11-12H,1,3-6,9-10H2/t11-,12-. The summed E-state index contributed by atoms with van der Waals surface area (Å²) in [6, 6.07) is 0.717. The first-order valence-corrected chi connectivity index (χ1v) is 8.21. The number of ether oxygens (including phenoxy) is 1. The second kappa shape index (κ2) is 7.98. The molecular weight excluding hydrogens is 365 g/mol. The molecule has 0 unspecified atom stereocenters. The number of alkyl halides is 5. The van der Waals surface area contributed by atoms with Crippen molar-refractivity contribution in [3.05, 3.63) is 47.5 Å². The molecule has 0 aliphatic heterocycles. The highest BCUT2D eigenvalue weighted by Crippen LogP contribution is 2.38. The lowest BCUT2D eigenvalue weighted by molar-refractivity contribution is -0.256. The van der Waals surface area contributed by atoms with Gasteiger partial charge in [-0.3, -0.25) is 0 Å². The molecule has 1 aliphatic rings. The third-order valence-corrected chi connectivity index (χ3v) is 4.59. The van der Waals surface area contributed by atoms with E-state index in [1.165, 1.54) is 0 Å². The largest absolute Gasteiger partial charge is 0.422 e. The van der Waals surface area contributed by atoms with Crippen LogP contribution in [0.2, 0.25) is 0 Å². The van der Waals surface area contributed by atoms with Crippen LogP contribution in [0, 0.1) is 23.5 Å². The monoisotopic (exact) mass is 384 g/mol. The molecule has 26 heavy (non-hydrogen) atoms. The van der Waals surface area contributed by atoms with Crippen LogP contribution in [0.4, 0.5) is 30.7 Å². The zero-order valence-corrected chi connectivity index (χ0v) is 13.9. The first kappa shape index (κ1) is 20.7. The van der Waals surface area contributed by atoms with Crippen molar-refractivity contribution in [1.82, 2.24) is 0 Å². The third kappa shape index (κ3) is 5.46. The van der Waals surface area contributed by atoms with Crippen molar-refractivity contribution in [2.24, 2.45) is 11.8 Å². The van der Waals surface area contributed by atoms with Gasteiger partial charge in [0, 0.05) is 6.42 Å². The van der Waals surface area contributed by atoms with E-state index in [4.69, 9.17) is 0 Å². The van der Waals surface area contributed by atoms with Crippen LogP contribution in [-0.2, 0) is 17.5 Å². The van der Waals surface area contributed by atoms with E-state index in [0.29, 0.717) is 30.9 Å². The molecule has 1 nitrogen and oxygen atoms in total. The van der Waals surface area contributed by atoms with Crippen LogP contribution in [0.5, 0.6) is 0 Å². The Hall–Kier alpha value is -1.57. The molecule has 1 fully saturated rings. The molecule has 0 aromatic heterocycles. The topological polar surface area (TPSA) is 9.23 Å². The molecule has 0 radical (unpaired) electrons. The van der Waals surface area contributed by atoms with Gasteiger partial charge >= 0.3 is 12.3 Å². The highest BCUT2D eigenvalue weighted by atomic mass is 19.4. The quantitative estimate of drug-likeness (QED) is 0.403. The summed E-state index contributed by atoms with van der Waals surface area (Å²) in [6.07, 6.45) is -4.75. The number of rotatable bonds is 6. The molecule has 2 rings (SSSR count). The van der Waals surface area contributed by atoms with E-state index in [2.05, 4.69) is 11.3 Å². The molecule has 8 heteroatoms. The van der Waals surface area contributed by atoms with Crippen LogP contribution in [-0.4, -0.2) is 6.11 Å². The molecule has 0 spiro atoms. The van der Waals surface area contributed by atoms with E-state index in [1.54, 1.807) is 6.08 Å². The molecule has 0 atom stereocenters. The normalized spacial score (nSPS) is 21.7. The third-order valence-electron chi connectivity index (χ3n) is 4.59. The highest BCUT2D eigenvalue weighted by Gasteiger charge is 2.39. The maximum atomic E-state index is 13.9. The first-order valence-electron chi connectivity index (χ1n) is 8.21. The van der Waals surface area contributed by atoms with Crippen molar-refractivity contribution in [2.75, 3.05) is 0 Å². The maximum Gasteiger partial charge on any atom is 0.422 e. The zero-order chi connectivity index (χ0) is 19.5. The minimum Gasteiger partial charge on any atom is -0.316 e. The number of halogens is 7. The van der Waals surface area contributed by atoms with Crippen LogP contribution in [0.3, 0.4) is 0 Å². The number of hydrogen-bond acceptors (Lipinski definition) is 1. The first-order chi connectivity index (χ1) is 12.0. The van der Waals surface area contributed by atoms with Gasteiger partial charge in [0.25, 0.3) is 0 Å². The molecule has 1 aliphatic carbocycles. The zero-order valence-electron chi connectivity index (χ0n) is 13.9. The van der Waals surface area contributed by atoms with Gasteiger partial charge in [-0.2, -0.15) is 22.0 Å². The van der Waals surface area contributed by atoms with Gasteiger partial charge in [0.1, 0.15) is 17.2 Å². The highest BCUT2D eigenvalue weighted by molar-refractivity contribution is 5.28. The molecule has 0 amide bonds. The summed E-state index contributed by atoms with van der Waals surface area (Å²) in [5.74, 6) is -3.65. The molecule has 1 aromatic carbocycles. The summed E-state index contributed by atoms with van der Waals surface area (Å²) < 4.78 is 96.7. The van der Waals surface area contributed by atoms with Crippen molar-refractivity contribution in [3.63, 3.8) is 0 Å². The summed E-state index contributed by atoms with van der Waals surface area (Å²) in [5.41, 5.74) is -2.48. The summed E-state index contributed by atoms with van der Waals surface area (Å²) >= 11 is 0. The average molecular weight is 384 g/mol. The average Bonchev–Trinajstić information content (AvgIpc) is 2.51. The van der Waals surface area contributed by atoms with Crippen LogP contribution in [0.1, 0.15) is 43.2 Å². The molecule has 146 valence electrons. The lowest BCUT2D eigenvalue weighted by atomic mass is 9.80. The van der Waals surface area contributed by atoms with Gasteiger partial charge in [-0.05, 0) is 55.2 Å². The molecular formula is C18H19F7O. The summed E-state index contributed by atoms with van der Waals surface area (Å²) in [5, 5.41) is 0. The summed E-state index contributed by atoms with van der Waals surface area (Å²) in [4.78, 5) is 0. The van der Waals surface area contributed by atoms with Crippen LogP contribution in [0.25, 0.3) is 0 Å². The predicted octanol–water partition coefficient (Wildman–Crippen LogP) is 6.48. The fourth-order valence-corrected chi connectivity index (χ4v) is 3.19. The number of allylic oxidation sites excluding steroid dienone is 1. The molecule has 1 saturated carbocycles. The van der Waals surface area contributed by atoms with E-state index in [-0.39, 0.29) is 5.92 Å². The van der Waals surface area contributed by atoms with Crippen LogP contribution < -0.4 is 0 Å². The summed E-state index contributed by atoms with van der Waals surface area (Å²) in [6.45, 7) is 2.79. The maximum absolute atomic E-state index is 13.9. The SMILES string of the molecule is C=C[C@H]1CC[C@H](CC(F)(F)OCc2cc(F)c(C(F)(F)F)c(F)c2)CC1. The number of benzene rings is 1. The van der Waals surface area contributed by atoms with Crippen molar-refractivity contribution in [1.29, 1.82) is 0 Å². The lowest BCUT2D eigenvalue weighted by Gasteiger charge is -2.29. The van der Waals surface area contributed by atoms with Gasteiger partial charge in [0.2, 0.25) is 0 Å². The van der Waals surface area contributed by atoms with E-state index in [1.807, 2.05) is 0 Å². The van der Waals surface area contributed by atoms with E-state index in [9.17, 15) is 30.7 Å². The van der Waals surface area contributed by atoms with Gasteiger partial charge in [-0.25, -0.2) is 8.78 Å². The fraction of sp³-hybridized carbons (Fsp3) is 0.556. The van der Waals surface area contributed by atoms with Crippen molar-refractivity contribution < 1.29 is 35.5 Å². The minimum atomic E-state index is -5.21. The Morgan fingerprint density at radius 1 is 1.00 bits per heavy atom. The molecule has 0 heterocycles. The molecule has 0 saturated heterocycles. The van der Waals surface area contributed by atoms with E-state index < -0.39 is 48.1 Å². The van der Waals surface area contributed by atoms with E-state index in [0.717, 1.165) is 12.8 Å². The summed E-state index contributed by atoms with van der Waals surface area (Å²) in [7, 11) is 0. The van der Waals surface area contributed by atoms with Crippen molar-refractivity contribution >= 4 is 0 Å². The van der Waals surface area contributed by atoms with E-state index >= 15 is 0 Å². The Balaban J connectivity index is 1.96.